The van der Waals surface area contributed by atoms with Crippen molar-refractivity contribution in [1.29, 1.82) is 0 Å². The fourth-order valence-electron chi connectivity index (χ4n) is 5.64. The Labute approximate surface area is 188 Å². The number of rotatable bonds is 7. The Morgan fingerprint density at radius 1 is 1.03 bits per heavy atom. The molecule has 3 nitrogen and oxygen atoms in total. The highest BCUT2D eigenvalue weighted by molar-refractivity contribution is 5.99. The van der Waals surface area contributed by atoms with Crippen LogP contribution in [0.5, 0.6) is 0 Å². The van der Waals surface area contributed by atoms with Gasteiger partial charge in [-0.3, -0.25) is 5.01 Å². The molecule has 3 unspecified atom stereocenters. The molecule has 172 valence electrons. The van der Waals surface area contributed by atoms with Gasteiger partial charge in [0, 0.05) is 11.3 Å². The second-order valence-electron chi connectivity index (χ2n) is 9.41. The van der Waals surface area contributed by atoms with Crippen LogP contribution in [0, 0.1) is 5.92 Å². The van der Waals surface area contributed by atoms with Gasteiger partial charge in [-0.05, 0) is 57.5 Å². The minimum atomic E-state index is -4.30. The second-order valence-corrected chi connectivity index (χ2v) is 9.41. The number of hydrogen-bond acceptors (Lipinski definition) is 3. The van der Waals surface area contributed by atoms with Gasteiger partial charge in [-0.25, -0.2) is 0 Å². The summed E-state index contributed by atoms with van der Waals surface area (Å²) < 4.78 is 40.7. The molecule has 1 heterocycles. The third-order valence-corrected chi connectivity index (χ3v) is 6.92. The summed E-state index contributed by atoms with van der Waals surface area (Å²) in [5.74, 6) is -0.00642. The minimum absolute atomic E-state index is 0.00642. The normalized spacial score (nSPS) is 25.7. The molecule has 1 fully saturated rings. The quantitative estimate of drug-likeness (QED) is 0.519. The van der Waals surface area contributed by atoms with Crippen LogP contribution in [0.2, 0.25) is 0 Å². The molecule has 0 spiro atoms. The van der Waals surface area contributed by atoms with E-state index in [9.17, 15) is 13.2 Å². The van der Waals surface area contributed by atoms with Crippen LogP contribution in [0.15, 0.2) is 65.8 Å². The van der Waals surface area contributed by atoms with Crippen LogP contribution in [0.25, 0.3) is 0 Å². The third kappa shape index (κ3) is 4.70. The molecule has 1 aliphatic carbocycles. The molecule has 2 aromatic rings. The molecule has 0 aromatic heterocycles. The molecule has 0 amide bonds. The number of benzene rings is 2. The largest absolute Gasteiger partial charge is 0.407 e. The van der Waals surface area contributed by atoms with E-state index < -0.39 is 12.7 Å². The molecule has 0 bridgehead atoms. The van der Waals surface area contributed by atoms with Gasteiger partial charge in [-0.1, -0.05) is 67.1 Å². The van der Waals surface area contributed by atoms with Crippen molar-refractivity contribution in [2.45, 2.75) is 49.7 Å². The van der Waals surface area contributed by atoms with Crippen molar-refractivity contribution < 1.29 is 13.2 Å². The zero-order valence-corrected chi connectivity index (χ0v) is 18.9. The maximum absolute atomic E-state index is 13.6. The zero-order valence-electron chi connectivity index (χ0n) is 18.9. The van der Waals surface area contributed by atoms with Crippen molar-refractivity contribution in [2.24, 2.45) is 11.0 Å². The first-order chi connectivity index (χ1) is 15.3. The van der Waals surface area contributed by atoms with Crippen LogP contribution in [0.4, 0.5) is 13.2 Å². The molecule has 0 N–H and O–H groups in total. The van der Waals surface area contributed by atoms with E-state index in [1.165, 1.54) is 10.6 Å². The molecule has 0 radical (unpaired) electrons. The van der Waals surface area contributed by atoms with E-state index in [2.05, 4.69) is 31.1 Å². The van der Waals surface area contributed by atoms with E-state index in [-0.39, 0.29) is 17.4 Å². The van der Waals surface area contributed by atoms with Gasteiger partial charge in [0.05, 0.1) is 11.8 Å². The highest BCUT2D eigenvalue weighted by Gasteiger charge is 2.52. The van der Waals surface area contributed by atoms with Crippen molar-refractivity contribution in [1.82, 2.24) is 9.91 Å². The van der Waals surface area contributed by atoms with Crippen molar-refractivity contribution >= 4 is 5.71 Å². The van der Waals surface area contributed by atoms with Gasteiger partial charge in [-0.15, -0.1) is 0 Å². The molecule has 1 saturated carbocycles. The Balaban J connectivity index is 1.78. The van der Waals surface area contributed by atoms with Crippen molar-refractivity contribution in [3.63, 3.8) is 0 Å². The van der Waals surface area contributed by atoms with Gasteiger partial charge in [0.15, 0.2) is 0 Å². The summed E-state index contributed by atoms with van der Waals surface area (Å²) in [6.07, 6.45) is 0.361. The van der Waals surface area contributed by atoms with Gasteiger partial charge in [0.2, 0.25) is 0 Å². The Morgan fingerprint density at radius 2 is 1.69 bits per heavy atom. The Bertz CT molecular complexity index is 911. The van der Waals surface area contributed by atoms with Crippen molar-refractivity contribution in [3.05, 3.63) is 71.8 Å². The lowest BCUT2D eigenvalue weighted by Gasteiger charge is -2.42. The number of alkyl halides is 3. The Morgan fingerprint density at radius 3 is 2.31 bits per heavy atom. The van der Waals surface area contributed by atoms with Crippen LogP contribution in [0.3, 0.4) is 0 Å². The average Bonchev–Trinajstić information content (AvgIpc) is 3.12. The summed E-state index contributed by atoms with van der Waals surface area (Å²) in [7, 11) is 4.12. The number of hydrazone groups is 1. The molecule has 0 saturated heterocycles. The number of fused-ring (bicyclic) bond motifs is 1. The van der Waals surface area contributed by atoms with Crippen molar-refractivity contribution in [3.8, 4) is 0 Å². The standard InChI is InChI=1S/C26H32F3N3/c1-31(2)18-10-17-25(21-13-7-4-8-14-21)16-9-15-22-23(20-11-5-3-6-12-20)32(30-24(22)25)19-26(27,28)29/h3-8,11-14,22-23H,9-10,15-19H2,1-2H3. The van der Waals surface area contributed by atoms with Gasteiger partial charge in [0.25, 0.3) is 0 Å². The third-order valence-electron chi connectivity index (χ3n) is 6.92. The van der Waals surface area contributed by atoms with Crippen LogP contribution >= 0.6 is 0 Å². The predicted octanol–water partition coefficient (Wildman–Crippen LogP) is 6.04. The second kappa shape index (κ2) is 9.26. The first-order valence-corrected chi connectivity index (χ1v) is 11.5. The summed E-state index contributed by atoms with van der Waals surface area (Å²) in [5.41, 5.74) is 2.74. The Hall–Kier alpha value is -2.34. The maximum Gasteiger partial charge on any atom is 0.407 e. The molecule has 1 aliphatic heterocycles. The number of hydrogen-bond donors (Lipinski definition) is 0. The van der Waals surface area contributed by atoms with E-state index in [0.29, 0.717) is 0 Å². The van der Waals surface area contributed by atoms with Crippen LogP contribution < -0.4 is 0 Å². The molecule has 4 rings (SSSR count). The van der Waals surface area contributed by atoms with E-state index >= 15 is 0 Å². The smallest absolute Gasteiger partial charge is 0.309 e. The highest BCUT2D eigenvalue weighted by Crippen LogP contribution is 2.52. The van der Waals surface area contributed by atoms with Gasteiger partial charge >= 0.3 is 6.18 Å². The number of halogens is 3. The van der Waals surface area contributed by atoms with E-state index in [1.807, 2.05) is 48.5 Å². The van der Waals surface area contributed by atoms with Crippen LogP contribution in [0.1, 0.15) is 49.3 Å². The SMILES string of the molecule is CN(C)CCCC1(c2ccccc2)CCCC2C1=NN(CC(F)(F)F)C2c1ccccc1. The van der Waals surface area contributed by atoms with Gasteiger partial charge in [0.1, 0.15) is 6.54 Å². The van der Waals surface area contributed by atoms with Crippen LogP contribution in [-0.4, -0.2) is 49.0 Å². The summed E-state index contributed by atoms with van der Waals surface area (Å²) in [4.78, 5) is 2.16. The molecular formula is C26H32F3N3. The molecule has 3 atom stereocenters. The predicted molar refractivity (Wildman–Crippen MR) is 123 cm³/mol. The Kier molecular flexibility index (Phi) is 6.61. The van der Waals surface area contributed by atoms with E-state index in [0.717, 1.165) is 49.9 Å². The van der Waals surface area contributed by atoms with E-state index in [4.69, 9.17) is 5.10 Å². The molecule has 2 aliphatic rings. The molecule has 6 heteroatoms. The van der Waals surface area contributed by atoms with Crippen molar-refractivity contribution in [2.75, 3.05) is 27.2 Å². The molecular weight excluding hydrogens is 411 g/mol. The summed E-state index contributed by atoms with van der Waals surface area (Å²) >= 11 is 0. The summed E-state index contributed by atoms with van der Waals surface area (Å²) in [6.45, 7) is -0.0734. The summed E-state index contributed by atoms with van der Waals surface area (Å²) in [5, 5.41) is 6.12. The molecule has 32 heavy (non-hydrogen) atoms. The summed E-state index contributed by atoms with van der Waals surface area (Å²) in [6, 6.07) is 19.6. The maximum atomic E-state index is 13.6. The first-order valence-electron chi connectivity index (χ1n) is 11.5. The zero-order chi connectivity index (χ0) is 22.8. The fraction of sp³-hybridized carbons (Fsp3) is 0.500. The highest BCUT2D eigenvalue weighted by atomic mass is 19.4. The van der Waals surface area contributed by atoms with Gasteiger partial charge < -0.3 is 4.90 Å². The first kappa shape index (κ1) is 22.8. The minimum Gasteiger partial charge on any atom is -0.309 e. The van der Waals surface area contributed by atoms with E-state index in [1.54, 1.807) is 0 Å². The lowest BCUT2D eigenvalue weighted by molar-refractivity contribution is -0.150. The molecule has 2 aromatic carbocycles. The lowest BCUT2D eigenvalue weighted by Crippen LogP contribution is -2.44. The fourth-order valence-corrected chi connectivity index (χ4v) is 5.64. The van der Waals surface area contributed by atoms with Gasteiger partial charge in [-0.2, -0.15) is 18.3 Å². The van der Waals surface area contributed by atoms with Crippen LogP contribution in [-0.2, 0) is 5.41 Å². The monoisotopic (exact) mass is 443 g/mol. The lowest BCUT2D eigenvalue weighted by atomic mass is 9.61. The topological polar surface area (TPSA) is 18.8 Å². The number of nitrogens with zero attached hydrogens (tertiary/aromatic N) is 3. The average molecular weight is 444 g/mol.